The molecular weight excluding hydrogens is 306 g/mol. The third-order valence-electron chi connectivity index (χ3n) is 2.27. The molecule has 1 rings (SSSR count). The summed E-state index contributed by atoms with van der Waals surface area (Å²) >= 11 is 3.21. The summed E-state index contributed by atoms with van der Waals surface area (Å²) in [5.74, 6) is 0. The molecule has 7 nitrogen and oxygen atoms in total. The highest BCUT2D eigenvalue weighted by molar-refractivity contribution is 9.10. The molecule has 1 aromatic heterocycles. The number of pyridine rings is 1. The number of aromatic nitrogens is 1. The third kappa shape index (κ3) is 3.90. The van der Waals surface area contributed by atoms with Crippen LogP contribution in [0.4, 0.5) is 11.4 Å². The lowest BCUT2D eigenvalue weighted by molar-refractivity contribution is -0.384. The highest BCUT2D eigenvalue weighted by Gasteiger charge is 2.20. The maximum atomic E-state index is 10.9. The van der Waals surface area contributed by atoms with Gasteiger partial charge in [0.15, 0.2) is 0 Å². The standard InChI is InChI=1S/C10H14BrN3O4/c1-18-6-7(2-3-15)13-10-8(11)4-12-5-9(10)14(16)17/h4-5,7,15H,2-3,6H2,1H3,(H,12,13). The maximum Gasteiger partial charge on any atom is 0.311 e. The second-order valence-electron chi connectivity index (χ2n) is 3.58. The van der Waals surface area contributed by atoms with Crippen LogP contribution >= 0.6 is 15.9 Å². The van der Waals surface area contributed by atoms with Crippen LogP contribution in [0.3, 0.4) is 0 Å². The van der Waals surface area contributed by atoms with Gasteiger partial charge in [-0.05, 0) is 22.4 Å². The van der Waals surface area contributed by atoms with Gasteiger partial charge in [0.1, 0.15) is 11.9 Å². The van der Waals surface area contributed by atoms with Gasteiger partial charge in [0.05, 0.1) is 22.0 Å². The van der Waals surface area contributed by atoms with E-state index in [2.05, 4.69) is 26.2 Å². The molecule has 1 heterocycles. The summed E-state index contributed by atoms with van der Waals surface area (Å²) in [4.78, 5) is 14.1. The van der Waals surface area contributed by atoms with Crippen molar-refractivity contribution in [3.05, 3.63) is 27.0 Å². The fourth-order valence-electron chi connectivity index (χ4n) is 1.46. The van der Waals surface area contributed by atoms with Crippen molar-refractivity contribution in [3.8, 4) is 0 Å². The molecule has 0 amide bonds. The van der Waals surface area contributed by atoms with Crippen LogP contribution in [-0.4, -0.2) is 41.4 Å². The van der Waals surface area contributed by atoms with E-state index in [9.17, 15) is 10.1 Å². The average molecular weight is 320 g/mol. The summed E-state index contributed by atoms with van der Waals surface area (Å²) in [5.41, 5.74) is 0.217. The van der Waals surface area contributed by atoms with E-state index >= 15 is 0 Å². The number of nitrogens with one attached hydrogen (secondary N) is 1. The van der Waals surface area contributed by atoms with Crippen molar-refractivity contribution in [2.75, 3.05) is 25.6 Å². The predicted molar refractivity (Wildman–Crippen MR) is 69.6 cm³/mol. The number of halogens is 1. The number of nitrogens with zero attached hydrogens (tertiary/aromatic N) is 2. The zero-order chi connectivity index (χ0) is 13.5. The summed E-state index contributed by atoms with van der Waals surface area (Å²) < 4.78 is 5.49. The average Bonchev–Trinajstić information content (AvgIpc) is 2.32. The van der Waals surface area contributed by atoms with Crippen LogP contribution in [0.2, 0.25) is 0 Å². The fraction of sp³-hybridized carbons (Fsp3) is 0.500. The molecular formula is C10H14BrN3O4. The van der Waals surface area contributed by atoms with Crippen molar-refractivity contribution in [1.82, 2.24) is 4.98 Å². The monoisotopic (exact) mass is 319 g/mol. The predicted octanol–water partition coefficient (Wildman–Crippen LogP) is 1.56. The van der Waals surface area contributed by atoms with Gasteiger partial charge < -0.3 is 15.2 Å². The Morgan fingerprint density at radius 1 is 1.67 bits per heavy atom. The number of nitro groups is 1. The van der Waals surface area contributed by atoms with Crippen molar-refractivity contribution < 1.29 is 14.8 Å². The van der Waals surface area contributed by atoms with Gasteiger partial charge in [-0.15, -0.1) is 0 Å². The number of anilines is 1. The highest BCUT2D eigenvalue weighted by atomic mass is 79.9. The van der Waals surface area contributed by atoms with Crippen molar-refractivity contribution in [2.24, 2.45) is 0 Å². The van der Waals surface area contributed by atoms with Crippen LogP contribution in [0, 0.1) is 10.1 Å². The zero-order valence-corrected chi connectivity index (χ0v) is 11.4. The molecule has 0 fully saturated rings. The van der Waals surface area contributed by atoms with Crippen LogP contribution in [0.1, 0.15) is 6.42 Å². The van der Waals surface area contributed by atoms with E-state index < -0.39 is 4.92 Å². The fourth-order valence-corrected chi connectivity index (χ4v) is 1.90. The maximum absolute atomic E-state index is 10.9. The van der Waals surface area contributed by atoms with Crippen molar-refractivity contribution in [1.29, 1.82) is 0 Å². The van der Waals surface area contributed by atoms with Gasteiger partial charge in [-0.2, -0.15) is 0 Å². The number of aliphatic hydroxyl groups excluding tert-OH is 1. The van der Waals surface area contributed by atoms with Gasteiger partial charge >= 0.3 is 5.69 Å². The van der Waals surface area contributed by atoms with Crippen LogP contribution in [0.5, 0.6) is 0 Å². The minimum absolute atomic E-state index is 0.0302. The van der Waals surface area contributed by atoms with Crippen molar-refractivity contribution in [3.63, 3.8) is 0 Å². The lowest BCUT2D eigenvalue weighted by atomic mass is 10.2. The lowest BCUT2D eigenvalue weighted by Gasteiger charge is -2.18. The Bertz CT molecular complexity index is 410. The molecule has 0 aliphatic carbocycles. The van der Waals surface area contributed by atoms with E-state index in [1.54, 1.807) is 0 Å². The Kier molecular flexibility index (Phi) is 5.96. The van der Waals surface area contributed by atoms with Crippen LogP contribution < -0.4 is 5.32 Å². The third-order valence-corrected chi connectivity index (χ3v) is 2.87. The van der Waals surface area contributed by atoms with Gasteiger partial charge in [0.25, 0.3) is 0 Å². The summed E-state index contributed by atoms with van der Waals surface area (Å²) in [6, 6.07) is -0.211. The van der Waals surface area contributed by atoms with Gasteiger partial charge in [-0.25, -0.2) is 0 Å². The van der Waals surface area contributed by atoms with Crippen LogP contribution in [0.25, 0.3) is 0 Å². The van der Waals surface area contributed by atoms with Gasteiger partial charge in [0, 0.05) is 19.9 Å². The Morgan fingerprint density at radius 2 is 2.39 bits per heavy atom. The Morgan fingerprint density at radius 3 is 2.94 bits per heavy atom. The number of rotatable bonds is 7. The molecule has 1 atom stereocenters. The van der Waals surface area contributed by atoms with Gasteiger partial charge in [-0.1, -0.05) is 0 Å². The molecule has 0 saturated carbocycles. The summed E-state index contributed by atoms with van der Waals surface area (Å²) in [6.45, 7) is 0.310. The van der Waals surface area contributed by atoms with E-state index in [1.807, 2.05) is 0 Å². The molecule has 0 aliphatic heterocycles. The van der Waals surface area contributed by atoms with Gasteiger partial charge in [-0.3, -0.25) is 15.1 Å². The molecule has 0 radical (unpaired) electrons. The van der Waals surface area contributed by atoms with E-state index in [0.717, 1.165) is 0 Å². The SMILES string of the molecule is COCC(CCO)Nc1c(Br)cncc1[N+](=O)[O-]. The second-order valence-corrected chi connectivity index (χ2v) is 4.44. The van der Waals surface area contributed by atoms with E-state index in [0.29, 0.717) is 23.2 Å². The first-order chi connectivity index (χ1) is 8.60. The van der Waals surface area contributed by atoms with E-state index in [-0.39, 0.29) is 18.3 Å². The summed E-state index contributed by atoms with van der Waals surface area (Å²) in [5, 5.41) is 22.8. The molecule has 18 heavy (non-hydrogen) atoms. The topological polar surface area (TPSA) is 97.5 Å². The smallest absolute Gasteiger partial charge is 0.311 e. The molecule has 1 unspecified atom stereocenters. The lowest BCUT2D eigenvalue weighted by Crippen LogP contribution is -2.26. The molecule has 0 bridgehead atoms. The zero-order valence-electron chi connectivity index (χ0n) is 9.80. The number of methoxy groups -OCH3 is 1. The largest absolute Gasteiger partial charge is 0.396 e. The molecule has 1 aromatic rings. The van der Waals surface area contributed by atoms with Crippen LogP contribution in [0.15, 0.2) is 16.9 Å². The van der Waals surface area contributed by atoms with Crippen molar-refractivity contribution in [2.45, 2.75) is 12.5 Å². The molecule has 0 saturated heterocycles. The Labute approximate surface area is 112 Å². The molecule has 0 aromatic carbocycles. The Balaban J connectivity index is 2.96. The van der Waals surface area contributed by atoms with E-state index in [1.165, 1.54) is 19.5 Å². The molecule has 0 spiro atoms. The summed E-state index contributed by atoms with van der Waals surface area (Å²) in [6.07, 6.45) is 3.08. The number of hydrogen-bond acceptors (Lipinski definition) is 6. The summed E-state index contributed by atoms with van der Waals surface area (Å²) in [7, 11) is 1.53. The highest BCUT2D eigenvalue weighted by Crippen LogP contribution is 2.31. The molecule has 100 valence electrons. The minimum atomic E-state index is -0.511. The first-order valence-corrected chi connectivity index (χ1v) is 6.03. The second kappa shape index (κ2) is 7.24. The first-order valence-electron chi connectivity index (χ1n) is 5.24. The normalized spacial score (nSPS) is 12.2. The molecule has 0 aliphatic rings. The first kappa shape index (κ1) is 14.8. The Hall–Kier alpha value is -1.25. The number of ether oxygens (including phenoxy) is 1. The van der Waals surface area contributed by atoms with Crippen LogP contribution in [-0.2, 0) is 4.74 Å². The quantitative estimate of drug-likeness (QED) is 0.584. The van der Waals surface area contributed by atoms with Crippen molar-refractivity contribution >= 4 is 27.3 Å². The molecule has 8 heteroatoms. The molecule has 2 N–H and O–H groups in total. The van der Waals surface area contributed by atoms with E-state index in [4.69, 9.17) is 9.84 Å². The minimum Gasteiger partial charge on any atom is -0.396 e. The van der Waals surface area contributed by atoms with Gasteiger partial charge in [0.2, 0.25) is 0 Å². The number of hydrogen-bond donors (Lipinski definition) is 2. The number of aliphatic hydroxyl groups is 1.